The Labute approximate surface area is 154 Å². The molecule has 0 amide bonds. The molecule has 1 unspecified atom stereocenters. The molecule has 2 aromatic carbocycles. The van der Waals surface area contributed by atoms with E-state index in [1.54, 1.807) is 24.3 Å². The molecule has 26 heavy (non-hydrogen) atoms. The summed E-state index contributed by atoms with van der Waals surface area (Å²) in [6, 6.07) is 16.3. The van der Waals surface area contributed by atoms with Gasteiger partial charge < -0.3 is 14.4 Å². The van der Waals surface area contributed by atoms with Crippen LogP contribution in [0.15, 0.2) is 54.6 Å². The summed E-state index contributed by atoms with van der Waals surface area (Å²) in [6.07, 6.45) is 0.498. The molecule has 0 heterocycles. The molecular formula is C21H25NO4. The SMILES string of the molecule is CCC(CN(CC)c1ccccc1)OC(=O)c1ccc(C(=O)OC)cc1. The Balaban J connectivity index is 2.02. The van der Waals surface area contributed by atoms with Crippen LogP contribution in [0, 0.1) is 0 Å². The first-order valence-corrected chi connectivity index (χ1v) is 8.78. The Kier molecular flexibility index (Phi) is 7.21. The number of anilines is 1. The molecule has 2 aromatic rings. The Bertz CT molecular complexity index is 713. The second-order valence-electron chi connectivity index (χ2n) is 5.88. The fourth-order valence-corrected chi connectivity index (χ4v) is 2.63. The number of methoxy groups -OCH3 is 1. The summed E-state index contributed by atoms with van der Waals surface area (Å²) in [5.74, 6) is -0.824. The molecule has 0 aliphatic heterocycles. The minimum Gasteiger partial charge on any atom is -0.465 e. The summed E-state index contributed by atoms with van der Waals surface area (Å²) in [6.45, 7) is 5.53. The van der Waals surface area contributed by atoms with Crippen LogP contribution < -0.4 is 4.90 Å². The maximum atomic E-state index is 12.4. The van der Waals surface area contributed by atoms with Gasteiger partial charge in [0.05, 0.1) is 24.8 Å². The van der Waals surface area contributed by atoms with E-state index in [4.69, 9.17) is 4.74 Å². The number of nitrogens with zero attached hydrogens (tertiary/aromatic N) is 1. The van der Waals surface area contributed by atoms with E-state index in [9.17, 15) is 9.59 Å². The van der Waals surface area contributed by atoms with E-state index in [1.807, 2.05) is 37.3 Å². The lowest BCUT2D eigenvalue weighted by Gasteiger charge is -2.27. The molecule has 0 N–H and O–H groups in total. The number of esters is 2. The van der Waals surface area contributed by atoms with Crippen LogP contribution in [-0.2, 0) is 9.47 Å². The van der Waals surface area contributed by atoms with Gasteiger partial charge in [-0.05, 0) is 49.7 Å². The summed E-state index contributed by atoms with van der Waals surface area (Å²) in [7, 11) is 1.32. The van der Waals surface area contributed by atoms with Gasteiger partial charge in [0.25, 0.3) is 0 Å². The molecule has 0 aromatic heterocycles. The monoisotopic (exact) mass is 355 g/mol. The number of carbonyl (C=O) groups excluding carboxylic acids is 2. The van der Waals surface area contributed by atoms with Crippen molar-refractivity contribution in [3.05, 3.63) is 65.7 Å². The van der Waals surface area contributed by atoms with Gasteiger partial charge in [0.15, 0.2) is 0 Å². The van der Waals surface area contributed by atoms with Gasteiger partial charge in [0, 0.05) is 12.2 Å². The van der Waals surface area contributed by atoms with E-state index in [-0.39, 0.29) is 6.10 Å². The largest absolute Gasteiger partial charge is 0.465 e. The van der Waals surface area contributed by atoms with Gasteiger partial charge in [-0.25, -0.2) is 9.59 Å². The van der Waals surface area contributed by atoms with Crippen LogP contribution in [0.1, 0.15) is 41.0 Å². The standard InChI is InChI=1S/C21H25NO4/c1-4-19(15-22(5-2)18-9-7-6-8-10-18)26-21(24)17-13-11-16(12-14-17)20(23)25-3/h6-14,19H,4-5,15H2,1-3H3. The third kappa shape index (κ3) is 5.09. The van der Waals surface area contributed by atoms with Gasteiger partial charge in [-0.15, -0.1) is 0 Å². The molecular weight excluding hydrogens is 330 g/mol. The van der Waals surface area contributed by atoms with Crippen LogP contribution in [-0.4, -0.2) is 38.2 Å². The van der Waals surface area contributed by atoms with E-state index in [2.05, 4.69) is 16.6 Å². The van der Waals surface area contributed by atoms with Crippen LogP contribution >= 0.6 is 0 Å². The van der Waals surface area contributed by atoms with Crippen LogP contribution in [0.2, 0.25) is 0 Å². The number of para-hydroxylation sites is 1. The quantitative estimate of drug-likeness (QED) is 0.672. The lowest BCUT2D eigenvalue weighted by atomic mass is 10.1. The van der Waals surface area contributed by atoms with Gasteiger partial charge in [0.2, 0.25) is 0 Å². The molecule has 0 fully saturated rings. The van der Waals surface area contributed by atoms with Crippen molar-refractivity contribution in [2.45, 2.75) is 26.4 Å². The van der Waals surface area contributed by atoms with Gasteiger partial charge in [-0.3, -0.25) is 0 Å². The molecule has 5 heteroatoms. The number of hydrogen-bond acceptors (Lipinski definition) is 5. The lowest BCUT2D eigenvalue weighted by molar-refractivity contribution is 0.0308. The summed E-state index contributed by atoms with van der Waals surface area (Å²) in [5.41, 5.74) is 1.92. The number of carbonyl (C=O) groups is 2. The summed E-state index contributed by atoms with van der Waals surface area (Å²) >= 11 is 0. The third-order valence-electron chi connectivity index (χ3n) is 4.20. The van der Waals surface area contributed by atoms with E-state index in [0.717, 1.165) is 18.7 Å². The van der Waals surface area contributed by atoms with Crippen LogP contribution in [0.3, 0.4) is 0 Å². The molecule has 0 bridgehead atoms. The fourth-order valence-electron chi connectivity index (χ4n) is 2.63. The zero-order valence-electron chi connectivity index (χ0n) is 15.5. The average molecular weight is 355 g/mol. The van der Waals surface area contributed by atoms with Crippen molar-refractivity contribution in [3.63, 3.8) is 0 Å². The van der Waals surface area contributed by atoms with Crippen LogP contribution in [0.25, 0.3) is 0 Å². The molecule has 0 saturated heterocycles. The van der Waals surface area contributed by atoms with Crippen molar-refractivity contribution < 1.29 is 19.1 Å². The van der Waals surface area contributed by atoms with Crippen LogP contribution in [0.4, 0.5) is 5.69 Å². The first kappa shape index (κ1) is 19.5. The Morgan fingerprint density at radius 3 is 2.00 bits per heavy atom. The van der Waals surface area contributed by atoms with Gasteiger partial charge >= 0.3 is 11.9 Å². The predicted molar refractivity (Wildman–Crippen MR) is 102 cm³/mol. The third-order valence-corrected chi connectivity index (χ3v) is 4.20. The number of likely N-dealkylation sites (N-methyl/N-ethyl adjacent to an activating group) is 1. The topological polar surface area (TPSA) is 55.8 Å². The molecule has 0 saturated carbocycles. The Morgan fingerprint density at radius 1 is 0.923 bits per heavy atom. The highest BCUT2D eigenvalue weighted by Gasteiger charge is 2.18. The molecule has 138 valence electrons. The second kappa shape index (κ2) is 9.61. The molecule has 0 aliphatic carbocycles. The minimum atomic E-state index is -0.433. The van der Waals surface area contributed by atoms with E-state index < -0.39 is 11.9 Å². The summed E-state index contributed by atoms with van der Waals surface area (Å²) in [4.78, 5) is 26.1. The smallest absolute Gasteiger partial charge is 0.338 e. The highest BCUT2D eigenvalue weighted by Crippen LogP contribution is 2.16. The van der Waals surface area contributed by atoms with Crippen molar-refractivity contribution in [2.24, 2.45) is 0 Å². The van der Waals surface area contributed by atoms with E-state index >= 15 is 0 Å². The van der Waals surface area contributed by atoms with Crippen molar-refractivity contribution in [2.75, 3.05) is 25.1 Å². The minimum absolute atomic E-state index is 0.220. The maximum absolute atomic E-state index is 12.4. The second-order valence-corrected chi connectivity index (χ2v) is 5.88. The number of hydrogen-bond donors (Lipinski definition) is 0. The van der Waals surface area contributed by atoms with E-state index in [0.29, 0.717) is 17.7 Å². The lowest BCUT2D eigenvalue weighted by Crippen LogP contribution is -2.35. The number of rotatable bonds is 8. The first-order valence-electron chi connectivity index (χ1n) is 8.78. The van der Waals surface area contributed by atoms with Gasteiger partial charge in [-0.2, -0.15) is 0 Å². The van der Waals surface area contributed by atoms with Crippen molar-refractivity contribution >= 4 is 17.6 Å². The number of benzene rings is 2. The Morgan fingerprint density at radius 2 is 1.50 bits per heavy atom. The first-order chi connectivity index (χ1) is 12.6. The fraction of sp³-hybridized carbons (Fsp3) is 0.333. The van der Waals surface area contributed by atoms with Crippen molar-refractivity contribution in [3.8, 4) is 0 Å². The van der Waals surface area contributed by atoms with E-state index in [1.165, 1.54) is 7.11 Å². The molecule has 2 rings (SSSR count). The molecule has 1 atom stereocenters. The zero-order valence-corrected chi connectivity index (χ0v) is 15.5. The normalized spacial score (nSPS) is 11.5. The van der Waals surface area contributed by atoms with Gasteiger partial charge in [-0.1, -0.05) is 25.1 Å². The predicted octanol–water partition coefficient (Wildman–Crippen LogP) is 3.94. The maximum Gasteiger partial charge on any atom is 0.338 e. The highest BCUT2D eigenvalue weighted by molar-refractivity contribution is 5.93. The van der Waals surface area contributed by atoms with Crippen molar-refractivity contribution in [1.82, 2.24) is 0 Å². The Hall–Kier alpha value is -2.82. The van der Waals surface area contributed by atoms with Crippen LogP contribution in [0.5, 0.6) is 0 Å². The average Bonchev–Trinajstić information content (AvgIpc) is 2.71. The van der Waals surface area contributed by atoms with Crippen molar-refractivity contribution in [1.29, 1.82) is 0 Å². The molecule has 5 nitrogen and oxygen atoms in total. The number of ether oxygens (including phenoxy) is 2. The highest BCUT2D eigenvalue weighted by atomic mass is 16.5. The molecule has 0 spiro atoms. The zero-order chi connectivity index (χ0) is 18.9. The summed E-state index contributed by atoms with van der Waals surface area (Å²) < 4.78 is 10.3. The summed E-state index contributed by atoms with van der Waals surface area (Å²) in [5, 5.41) is 0. The molecule has 0 aliphatic rings. The van der Waals surface area contributed by atoms with Gasteiger partial charge in [0.1, 0.15) is 6.10 Å². The molecule has 0 radical (unpaired) electrons.